The summed E-state index contributed by atoms with van der Waals surface area (Å²) in [5.74, 6) is 0. The molecule has 0 bridgehead atoms. The van der Waals surface area contributed by atoms with E-state index < -0.39 is 19.9 Å². The molecule has 0 radical (unpaired) electrons. The van der Waals surface area contributed by atoms with Crippen molar-refractivity contribution in [1.82, 2.24) is 4.31 Å². The maximum absolute atomic E-state index is 12.7. The molecule has 0 aromatic heterocycles. The molecular formula is C16H16ClNO4S2. The van der Waals surface area contributed by atoms with Gasteiger partial charge in [0.1, 0.15) is 0 Å². The molecule has 0 aliphatic carbocycles. The van der Waals surface area contributed by atoms with Crippen LogP contribution in [0.5, 0.6) is 0 Å². The molecule has 0 atom stereocenters. The van der Waals surface area contributed by atoms with E-state index in [2.05, 4.69) is 0 Å². The fourth-order valence-corrected chi connectivity index (χ4v) is 5.70. The zero-order valence-electron chi connectivity index (χ0n) is 12.7. The first kappa shape index (κ1) is 17.4. The highest BCUT2D eigenvalue weighted by molar-refractivity contribution is 7.91. The van der Waals surface area contributed by atoms with Crippen molar-refractivity contribution in [1.29, 1.82) is 0 Å². The molecular weight excluding hydrogens is 370 g/mol. The number of benzene rings is 2. The Morgan fingerprint density at radius 3 is 2.00 bits per heavy atom. The molecule has 24 heavy (non-hydrogen) atoms. The molecule has 1 aliphatic heterocycles. The lowest BCUT2D eigenvalue weighted by molar-refractivity contribution is 0.477. The number of halogens is 1. The number of sulfone groups is 1. The number of nitrogens with zero attached hydrogens (tertiary/aromatic N) is 1. The molecule has 2 aromatic rings. The van der Waals surface area contributed by atoms with E-state index in [0.29, 0.717) is 18.1 Å². The minimum Gasteiger partial charge on any atom is -0.219 e. The summed E-state index contributed by atoms with van der Waals surface area (Å²) in [6.45, 7) is 0.937. The Balaban J connectivity index is 2.03. The third-order valence-electron chi connectivity index (χ3n) is 3.94. The third kappa shape index (κ3) is 3.21. The average molecular weight is 386 g/mol. The first-order valence-electron chi connectivity index (χ1n) is 7.43. The Labute approximate surface area is 146 Å². The van der Waals surface area contributed by atoms with Gasteiger partial charge in [-0.3, -0.25) is 0 Å². The van der Waals surface area contributed by atoms with Crippen LogP contribution in [0.15, 0.2) is 63.2 Å². The summed E-state index contributed by atoms with van der Waals surface area (Å²) in [5.41, 5.74) is 0. The van der Waals surface area contributed by atoms with E-state index in [-0.39, 0.29) is 14.7 Å². The standard InChI is InChI=1S/C16H16ClNO4S2/c17-13-6-8-14(9-7-13)23(19,20)15-4-3-5-16(12-15)24(21,22)18-10-1-2-11-18/h3-9,12H,1-2,10-11H2. The Kier molecular flexibility index (Phi) is 4.70. The SMILES string of the molecule is O=S(=O)(c1ccc(Cl)cc1)c1cccc(S(=O)(=O)N2CCCC2)c1. The van der Waals surface area contributed by atoms with Crippen molar-refractivity contribution in [2.24, 2.45) is 0 Å². The van der Waals surface area contributed by atoms with Crippen molar-refractivity contribution in [3.05, 3.63) is 53.6 Å². The number of hydrogen-bond acceptors (Lipinski definition) is 4. The summed E-state index contributed by atoms with van der Waals surface area (Å²) >= 11 is 5.79. The van der Waals surface area contributed by atoms with Crippen LogP contribution in [0.25, 0.3) is 0 Å². The molecule has 1 aliphatic rings. The minimum absolute atomic E-state index is 0.000520. The predicted octanol–water partition coefficient (Wildman–Crippen LogP) is 2.96. The average Bonchev–Trinajstić information content (AvgIpc) is 3.11. The molecule has 0 N–H and O–H groups in total. The fourth-order valence-electron chi connectivity index (χ4n) is 2.63. The molecule has 128 valence electrons. The number of rotatable bonds is 4. The van der Waals surface area contributed by atoms with Crippen molar-refractivity contribution in [3.63, 3.8) is 0 Å². The predicted molar refractivity (Wildman–Crippen MR) is 91.3 cm³/mol. The molecule has 0 unspecified atom stereocenters. The molecule has 8 heteroatoms. The molecule has 3 rings (SSSR count). The normalized spacial score (nSPS) is 16.4. The van der Waals surface area contributed by atoms with Crippen LogP contribution in [0.3, 0.4) is 0 Å². The summed E-state index contributed by atoms with van der Waals surface area (Å²) in [4.78, 5) is 0.0205. The van der Waals surface area contributed by atoms with Crippen LogP contribution >= 0.6 is 11.6 Å². The van der Waals surface area contributed by atoms with Gasteiger partial charge in [0.25, 0.3) is 0 Å². The van der Waals surface area contributed by atoms with Gasteiger partial charge >= 0.3 is 0 Å². The van der Waals surface area contributed by atoms with Crippen LogP contribution in [0.1, 0.15) is 12.8 Å². The molecule has 1 heterocycles. The summed E-state index contributed by atoms with van der Waals surface area (Å²) < 4.78 is 52.0. The number of hydrogen-bond donors (Lipinski definition) is 0. The number of sulfonamides is 1. The summed E-state index contributed by atoms with van der Waals surface area (Å²) in [6.07, 6.45) is 1.64. The summed E-state index contributed by atoms with van der Waals surface area (Å²) in [7, 11) is -7.47. The zero-order chi connectivity index (χ0) is 17.4. The first-order chi connectivity index (χ1) is 11.3. The molecule has 0 saturated carbocycles. The lowest BCUT2D eigenvalue weighted by Crippen LogP contribution is -2.28. The second kappa shape index (κ2) is 6.48. The van der Waals surface area contributed by atoms with E-state index in [4.69, 9.17) is 11.6 Å². The zero-order valence-corrected chi connectivity index (χ0v) is 15.1. The van der Waals surface area contributed by atoms with Crippen molar-refractivity contribution in [3.8, 4) is 0 Å². The highest BCUT2D eigenvalue weighted by Crippen LogP contribution is 2.26. The van der Waals surface area contributed by atoms with Gasteiger partial charge in [0, 0.05) is 18.1 Å². The lowest BCUT2D eigenvalue weighted by atomic mass is 10.4. The van der Waals surface area contributed by atoms with E-state index in [1.54, 1.807) is 0 Å². The van der Waals surface area contributed by atoms with E-state index >= 15 is 0 Å². The molecule has 5 nitrogen and oxygen atoms in total. The van der Waals surface area contributed by atoms with E-state index in [9.17, 15) is 16.8 Å². The third-order valence-corrected chi connectivity index (χ3v) is 7.86. The van der Waals surface area contributed by atoms with Gasteiger partial charge in [-0.25, -0.2) is 16.8 Å². The van der Waals surface area contributed by atoms with Crippen molar-refractivity contribution < 1.29 is 16.8 Å². The highest BCUT2D eigenvalue weighted by Gasteiger charge is 2.28. The van der Waals surface area contributed by atoms with Gasteiger partial charge < -0.3 is 0 Å². The Bertz CT molecular complexity index is 948. The van der Waals surface area contributed by atoms with Crippen LogP contribution in [0.4, 0.5) is 0 Å². The quantitative estimate of drug-likeness (QED) is 0.811. The summed E-state index contributed by atoms with van der Waals surface area (Å²) in [6, 6.07) is 11.3. The van der Waals surface area contributed by atoms with Crippen LogP contribution in [-0.2, 0) is 19.9 Å². The highest BCUT2D eigenvalue weighted by atomic mass is 35.5. The molecule has 0 spiro atoms. The van der Waals surface area contributed by atoms with Crippen LogP contribution in [0, 0.1) is 0 Å². The topological polar surface area (TPSA) is 71.5 Å². The van der Waals surface area contributed by atoms with Crippen molar-refractivity contribution in [2.75, 3.05) is 13.1 Å². The molecule has 1 saturated heterocycles. The maximum Gasteiger partial charge on any atom is 0.243 e. The van der Waals surface area contributed by atoms with Gasteiger partial charge in [-0.15, -0.1) is 0 Å². The van der Waals surface area contributed by atoms with E-state index in [1.807, 2.05) is 0 Å². The van der Waals surface area contributed by atoms with Gasteiger partial charge in [-0.05, 0) is 55.3 Å². The van der Waals surface area contributed by atoms with E-state index in [1.165, 1.54) is 52.8 Å². The van der Waals surface area contributed by atoms with Crippen LogP contribution in [0.2, 0.25) is 5.02 Å². The Morgan fingerprint density at radius 2 is 1.38 bits per heavy atom. The van der Waals surface area contributed by atoms with Crippen molar-refractivity contribution >= 4 is 31.5 Å². The van der Waals surface area contributed by atoms with Gasteiger partial charge in [-0.2, -0.15) is 4.31 Å². The minimum atomic E-state index is -3.80. The van der Waals surface area contributed by atoms with Crippen molar-refractivity contribution in [2.45, 2.75) is 27.5 Å². The molecule has 1 fully saturated rings. The Morgan fingerprint density at radius 1 is 0.792 bits per heavy atom. The molecule has 0 amide bonds. The van der Waals surface area contributed by atoms with Crippen LogP contribution < -0.4 is 0 Å². The second-order valence-corrected chi connectivity index (χ2v) is 9.87. The Hall–Kier alpha value is -1.41. The monoisotopic (exact) mass is 385 g/mol. The van der Waals surface area contributed by atoms with Gasteiger partial charge in [0.15, 0.2) is 0 Å². The van der Waals surface area contributed by atoms with Gasteiger partial charge in [0.05, 0.1) is 14.7 Å². The van der Waals surface area contributed by atoms with E-state index in [0.717, 1.165) is 12.8 Å². The molecule has 2 aromatic carbocycles. The lowest BCUT2D eigenvalue weighted by Gasteiger charge is -2.16. The maximum atomic E-state index is 12.7. The van der Waals surface area contributed by atoms with Gasteiger partial charge in [-0.1, -0.05) is 17.7 Å². The fraction of sp³-hybridized carbons (Fsp3) is 0.250. The smallest absolute Gasteiger partial charge is 0.219 e. The van der Waals surface area contributed by atoms with Gasteiger partial charge in [0.2, 0.25) is 19.9 Å². The van der Waals surface area contributed by atoms with Crippen LogP contribution in [-0.4, -0.2) is 34.2 Å². The second-order valence-electron chi connectivity index (χ2n) is 5.54. The largest absolute Gasteiger partial charge is 0.243 e. The summed E-state index contributed by atoms with van der Waals surface area (Å²) in [5, 5.41) is 0.430. The first-order valence-corrected chi connectivity index (χ1v) is 10.7.